The van der Waals surface area contributed by atoms with Gasteiger partial charge in [-0.3, -0.25) is 0 Å². The first-order valence-corrected chi connectivity index (χ1v) is 4.30. The molecule has 0 aromatic carbocycles. The Hall–Kier alpha value is -1.55. The summed E-state index contributed by atoms with van der Waals surface area (Å²) in [4.78, 5) is 7.94. The molecule has 0 spiro atoms. The van der Waals surface area contributed by atoms with Crippen molar-refractivity contribution in [1.82, 2.24) is 9.97 Å². The van der Waals surface area contributed by atoms with E-state index in [9.17, 15) is 0 Å². The zero-order valence-electron chi connectivity index (χ0n) is 7.40. The van der Waals surface area contributed by atoms with E-state index in [0.29, 0.717) is 16.6 Å². The Morgan fingerprint density at radius 1 is 1.43 bits per heavy atom. The molecule has 0 bridgehead atoms. The lowest BCUT2D eigenvalue weighted by Crippen LogP contribution is -1.93. The van der Waals surface area contributed by atoms with Crippen molar-refractivity contribution in [2.75, 3.05) is 7.11 Å². The topological polar surface area (TPSA) is 48.2 Å². The van der Waals surface area contributed by atoms with Gasteiger partial charge in [0.15, 0.2) is 5.76 Å². The summed E-state index contributed by atoms with van der Waals surface area (Å²) in [6.45, 7) is 0. The van der Waals surface area contributed by atoms with Crippen LogP contribution in [0.5, 0.6) is 6.01 Å². The van der Waals surface area contributed by atoms with Crippen molar-refractivity contribution in [2.45, 2.75) is 0 Å². The van der Waals surface area contributed by atoms with Crippen LogP contribution in [0.4, 0.5) is 0 Å². The summed E-state index contributed by atoms with van der Waals surface area (Å²) >= 11 is 5.77. The van der Waals surface area contributed by atoms with Gasteiger partial charge in [0.05, 0.1) is 13.4 Å². The van der Waals surface area contributed by atoms with Crippen LogP contribution < -0.4 is 4.74 Å². The van der Waals surface area contributed by atoms with Gasteiger partial charge in [-0.1, -0.05) is 11.6 Å². The summed E-state index contributed by atoms with van der Waals surface area (Å²) in [5.41, 5.74) is 0.604. The highest BCUT2D eigenvalue weighted by molar-refractivity contribution is 6.29. The van der Waals surface area contributed by atoms with Gasteiger partial charge >= 0.3 is 6.01 Å². The molecule has 5 heteroatoms. The fourth-order valence-corrected chi connectivity index (χ4v) is 1.21. The molecule has 2 heterocycles. The number of methoxy groups -OCH3 is 1. The van der Waals surface area contributed by atoms with Crippen LogP contribution >= 0.6 is 11.6 Å². The SMILES string of the molecule is COc1nc(Cl)cc(-c2ccco2)n1. The van der Waals surface area contributed by atoms with Crippen molar-refractivity contribution in [3.63, 3.8) is 0 Å². The van der Waals surface area contributed by atoms with Crippen LogP contribution in [0.25, 0.3) is 11.5 Å². The predicted molar refractivity (Wildman–Crippen MR) is 51.3 cm³/mol. The molecule has 2 rings (SSSR count). The lowest BCUT2D eigenvalue weighted by Gasteiger charge is -2.00. The van der Waals surface area contributed by atoms with E-state index in [-0.39, 0.29) is 6.01 Å². The maximum Gasteiger partial charge on any atom is 0.318 e. The highest BCUT2D eigenvalue weighted by Gasteiger charge is 2.07. The third-order valence-corrected chi connectivity index (χ3v) is 1.82. The molecule has 14 heavy (non-hydrogen) atoms. The summed E-state index contributed by atoms with van der Waals surface area (Å²) < 4.78 is 10.1. The molecular formula is C9H7ClN2O2. The molecule has 2 aromatic rings. The van der Waals surface area contributed by atoms with Gasteiger partial charge in [-0.05, 0) is 12.1 Å². The summed E-state index contributed by atoms with van der Waals surface area (Å²) in [5.74, 6) is 0.632. The molecule has 0 aliphatic heterocycles. The molecular weight excluding hydrogens is 204 g/mol. The number of halogens is 1. The van der Waals surface area contributed by atoms with E-state index in [1.165, 1.54) is 7.11 Å². The molecule has 0 saturated carbocycles. The highest BCUT2D eigenvalue weighted by atomic mass is 35.5. The standard InChI is InChI=1S/C9H7ClN2O2/c1-13-9-11-6(5-8(10)12-9)7-3-2-4-14-7/h2-5H,1H3. The molecule has 0 atom stereocenters. The lowest BCUT2D eigenvalue weighted by molar-refractivity contribution is 0.380. The van der Waals surface area contributed by atoms with Crippen LogP contribution in [0.3, 0.4) is 0 Å². The van der Waals surface area contributed by atoms with Crippen molar-refractivity contribution >= 4 is 11.6 Å². The molecule has 0 aliphatic carbocycles. The van der Waals surface area contributed by atoms with Gasteiger partial charge in [0.2, 0.25) is 0 Å². The van der Waals surface area contributed by atoms with E-state index in [0.717, 1.165) is 0 Å². The minimum Gasteiger partial charge on any atom is -0.467 e. The van der Waals surface area contributed by atoms with Crippen molar-refractivity contribution in [1.29, 1.82) is 0 Å². The Balaban J connectivity index is 2.48. The number of furan rings is 1. The Labute approximate surface area is 85.5 Å². The number of ether oxygens (including phenoxy) is 1. The minimum atomic E-state index is 0.226. The van der Waals surface area contributed by atoms with Crippen LogP contribution in [0.1, 0.15) is 0 Å². The Kier molecular flexibility index (Phi) is 2.37. The quantitative estimate of drug-likeness (QED) is 0.715. The second kappa shape index (κ2) is 3.67. The molecule has 0 amide bonds. The van der Waals surface area contributed by atoms with Crippen molar-refractivity contribution < 1.29 is 9.15 Å². The molecule has 0 N–H and O–H groups in total. The molecule has 4 nitrogen and oxygen atoms in total. The molecule has 0 unspecified atom stereocenters. The van der Waals surface area contributed by atoms with E-state index < -0.39 is 0 Å². The summed E-state index contributed by atoms with van der Waals surface area (Å²) in [6, 6.07) is 5.41. The minimum absolute atomic E-state index is 0.226. The Morgan fingerprint density at radius 2 is 2.29 bits per heavy atom. The predicted octanol–water partition coefficient (Wildman–Crippen LogP) is 2.40. The van der Waals surface area contributed by atoms with E-state index in [1.54, 1.807) is 24.5 Å². The fourth-order valence-electron chi connectivity index (χ4n) is 1.04. The first kappa shape index (κ1) is 9.02. The van der Waals surface area contributed by atoms with Crippen LogP contribution in [0, 0.1) is 0 Å². The molecule has 0 fully saturated rings. The maximum absolute atomic E-state index is 5.77. The zero-order chi connectivity index (χ0) is 9.97. The second-order valence-electron chi connectivity index (χ2n) is 2.54. The van der Waals surface area contributed by atoms with Gasteiger partial charge in [-0.25, -0.2) is 0 Å². The van der Waals surface area contributed by atoms with Crippen LogP contribution in [-0.4, -0.2) is 17.1 Å². The molecule has 0 aliphatic rings. The molecule has 72 valence electrons. The third-order valence-electron chi connectivity index (χ3n) is 1.63. The molecule has 0 saturated heterocycles. The van der Waals surface area contributed by atoms with E-state index in [2.05, 4.69) is 9.97 Å². The number of hydrogen-bond donors (Lipinski definition) is 0. The highest BCUT2D eigenvalue weighted by Crippen LogP contribution is 2.22. The van der Waals surface area contributed by atoms with Crippen molar-refractivity contribution in [3.8, 4) is 17.5 Å². The number of aromatic nitrogens is 2. The number of hydrogen-bond acceptors (Lipinski definition) is 4. The lowest BCUT2D eigenvalue weighted by atomic mass is 10.3. The average molecular weight is 211 g/mol. The second-order valence-corrected chi connectivity index (χ2v) is 2.93. The van der Waals surface area contributed by atoms with Crippen LogP contribution in [0.2, 0.25) is 5.15 Å². The summed E-state index contributed by atoms with van der Waals surface area (Å²) in [6.07, 6.45) is 1.57. The number of rotatable bonds is 2. The molecule has 2 aromatic heterocycles. The van der Waals surface area contributed by atoms with Gasteiger partial charge in [0.25, 0.3) is 0 Å². The van der Waals surface area contributed by atoms with Gasteiger partial charge in [0.1, 0.15) is 10.8 Å². The third kappa shape index (κ3) is 1.70. The van der Waals surface area contributed by atoms with Gasteiger partial charge < -0.3 is 9.15 Å². The smallest absolute Gasteiger partial charge is 0.318 e. The average Bonchev–Trinajstić information content (AvgIpc) is 2.69. The first-order valence-electron chi connectivity index (χ1n) is 3.92. The van der Waals surface area contributed by atoms with Crippen LogP contribution in [-0.2, 0) is 0 Å². The van der Waals surface area contributed by atoms with E-state index >= 15 is 0 Å². The van der Waals surface area contributed by atoms with E-state index in [4.69, 9.17) is 20.8 Å². The number of nitrogens with zero attached hydrogens (tertiary/aromatic N) is 2. The normalized spacial score (nSPS) is 10.1. The fraction of sp³-hybridized carbons (Fsp3) is 0.111. The van der Waals surface area contributed by atoms with Gasteiger partial charge in [0, 0.05) is 6.07 Å². The molecule has 0 radical (unpaired) electrons. The van der Waals surface area contributed by atoms with Crippen molar-refractivity contribution in [3.05, 3.63) is 29.6 Å². The Morgan fingerprint density at radius 3 is 2.93 bits per heavy atom. The zero-order valence-corrected chi connectivity index (χ0v) is 8.15. The van der Waals surface area contributed by atoms with Crippen molar-refractivity contribution in [2.24, 2.45) is 0 Å². The first-order chi connectivity index (χ1) is 6.79. The summed E-state index contributed by atoms with van der Waals surface area (Å²) in [5, 5.41) is 0.322. The maximum atomic E-state index is 5.77. The van der Waals surface area contributed by atoms with Gasteiger partial charge in [-0.2, -0.15) is 9.97 Å². The Bertz CT molecular complexity index is 428. The summed E-state index contributed by atoms with van der Waals surface area (Å²) in [7, 11) is 1.48. The van der Waals surface area contributed by atoms with Crippen LogP contribution in [0.15, 0.2) is 28.9 Å². The monoisotopic (exact) mass is 210 g/mol. The van der Waals surface area contributed by atoms with Gasteiger partial charge in [-0.15, -0.1) is 0 Å². The largest absolute Gasteiger partial charge is 0.467 e. The van der Waals surface area contributed by atoms with E-state index in [1.807, 2.05) is 0 Å².